The van der Waals surface area contributed by atoms with E-state index in [9.17, 15) is 4.79 Å². The molecule has 7 heteroatoms. The van der Waals surface area contributed by atoms with Gasteiger partial charge in [0, 0.05) is 22.6 Å². The molecule has 0 aliphatic carbocycles. The minimum absolute atomic E-state index is 0.186. The molecule has 1 amide bonds. The summed E-state index contributed by atoms with van der Waals surface area (Å²) in [5.74, 6) is -0.250. The molecule has 1 heterocycles. The molecule has 0 saturated heterocycles. The van der Waals surface area contributed by atoms with Crippen molar-refractivity contribution >= 4 is 28.8 Å². The fourth-order valence-corrected chi connectivity index (χ4v) is 3.19. The smallest absolute Gasteiger partial charge is 0.239 e. The molecule has 0 bridgehead atoms. The summed E-state index contributed by atoms with van der Waals surface area (Å²) < 4.78 is 4.89. The molecule has 2 atom stereocenters. The van der Waals surface area contributed by atoms with Crippen molar-refractivity contribution in [2.24, 2.45) is 5.73 Å². The number of ether oxygens (including phenoxy) is 1. The van der Waals surface area contributed by atoms with Crippen LogP contribution in [0.25, 0.3) is 11.3 Å². The van der Waals surface area contributed by atoms with E-state index in [1.807, 2.05) is 38.1 Å². The average molecular weight is 354 g/mol. The third-order valence-corrected chi connectivity index (χ3v) is 4.75. The van der Waals surface area contributed by atoms with Gasteiger partial charge in [-0.1, -0.05) is 23.7 Å². The van der Waals surface area contributed by atoms with Crippen molar-refractivity contribution < 1.29 is 9.53 Å². The molecule has 0 fully saturated rings. The molecule has 0 radical (unpaired) electrons. The van der Waals surface area contributed by atoms with Crippen LogP contribution in [-0.4, -0.2) is 30.6 Å². The van der Waals surface area contributed by atoms with Gasteiger partial charge >= 0.3 is 0 Å². The Labute approximate surface area is 144 Å². The fraction of sp³-hybridized carbons (Fsp3) is 0.375. The number of rotatable bonds is 6. The van der Waals surface area contributed by atoms with Crippen LogP contribution in [0.4, 0.5) is 0 Å². The number of benzene rings is 1. The second-order valence-corrected chi connectivity index (χ2v) is 6.93. The first kappa shape index (κ1) is 17.9. The van der Waals surface area contributed by atoms with Crippen LogP contribution in [0, 0.1) is 6.92 Å². The number of methoxy groups -OCH3 is 1. The van der Waals surface area contributed by atoms with Crippen LogP contribution in [0.15, 0.2) is 24.3 Å². The topological polar surface area (TPSA) is 77.2 Å². The van der Waals surface area contributed by atoms with Crippen LogP contribution in [0.3, 0.4) is 0 Å². The molecule has 2 rings (SSSR count). The van der Waals surface area contributed by atoms with Gasteiger partial charge in [-0.15, -0.1) is 11.3 Å². The summed E-state index contributed by atoms with van der Waals surface area (Å²) in [6.07, 6.45) is 0. The first-order valence-corrected chi connectivity index (χ1v) is 8.40. The number of nitrogens with two attached hydrogens (primary N) is 1. The Bertz CT molecular complexity index is 672. The van der Waals surface area contributed by atoms with Gasteiger partial charge in [-0.3, -0.25) is 4.79 Å². The van der Waals surface area contributed by atoms with Crippen molar-refractivity contribution in [1.29, 1.82) is 0 Å². The quantitative estimate of drug-likeness (QED) is 0.837. The van der Waals surface area contributed by atoms with Gasteiger partial charge in [-0.05, 0) is 26.0 Å². The van der Waals surface area contributed by atoms with Gasteiger partial charge in [-0.25, -0.2) is 4.98 Å². The highest BCUT2D eigenvalue weighted by Crippen LogP contribution is 2.31. The lowest BCUT2D eigenvalue weighted by Crippen LogP contribution is -2.44. The Hall–Kier alpha value is -1.47. The zero-order valence-electron chi connectivity index (χ0n) is 13.3. The normalized spacial score (nSPS) is 13.6. The van der Waals surface area contributed by atoms with E-state index < -0.39 is 6.04 Å². The van der Waals surface area contributed by atoms with Crippen LogP contribution in [-0.2, 0) is 9.53 Å². The lowest BCUT2D eigenvalue weighted by Gasteiger charge is -2.15. The monoisotopic (exact) mass is 353 g/mol. The molecule has 0 aliphatic heterocycles. The number of carbonyl (C=O) groups excluding carboxylic acids is 1. The molecule has 2 aromatic rings. The van der Waals surface area contributed by atoms with Crippen molar-refractivity contribution in [1.82, 2.24) is 10.3 Å². The van der Waals surface area contributed by atoms with Crippen LogP contribution in [0.5, 0.6) is 0 Å². The third kappa shape index (κ3) is 4.51. The van der Waals surface area contributed by atoms with Gasteiger partial charge in [0.1, 0.15) is 11.0 Å². The highest BCUT2D eigenvalue weighted by molar-refractivity contribution is 7.12. The Morgan fingerprint density at radius 3 is 2.70 bits per heavy atom. The molecule has 1 aromatic carbocycles. The molecule has 124 valence electrons. The number of hydrogen-bond acceptors (Lipinski definition) is 5. The fourth-order valence-electron chi connectivity index (χ4n) is 2.12. The molecule has 0 spiro atoms. The van der Waals surface area contributed by atoms with Gasteiger partial charge in [0.2, 0.25) is 5.91 Å². The van der Waals surface area contributed by atoms with E-state index in [0.717, 1.165) is 21.1 Å². The Morgan fingerprint density at radius 2 is 2.09 bits per heavy atom. The van der Waals surface area contributed by atoms with Crippen LogP contribution >= 0.6 is 22.9 Å². The lowest BCUT2D eigenvalue weighted by molar-refractivity contribution is -0.124. The highest BCUT2D eigenvalue weighted by atomic mass is 35.5. The Kier molecular flexibility index (Phi) is 6.12. The van der Waals surface area contributed by atoms with Crippen molar-refractivity contribution in [3.63, 3.8) is 0 Å². The first-order valence-electron chi connectivity index (χ1n) is 7.20. The van der Waals surface area contributed by atoms with Gasteiger partial charge < -0.3 is 15.8 Å². The molecule has 0 saturated carbocycles. The lowest BCUT2D eigenvalue weighted by atomic mass is 10.1. The van der Waals surface area contributed by atoms with Crippen molar-refractivity contribution in [3.8, 4) is 11.3 Å². The summed E-state index contributed by atoms with van der Waals surface area (Å²) in [6, 6.07) is 6.65. The number of nitrogens with zero attached hydrogens (tertiary/aromatic N) is 1. The number of amides is 1. The van der Waals surface area contributed by atoms with E-state index in [1.165, 1.54) is 7.11 Å². The number of halogens is 1. The summed E-state index contributed by atoms with van der Waals surface area (Å²) in [6.45, 7) is 4.09. The summed E-state index contributed by atoms with van der Waals surface area (Å²) in [5.41, 5.74) is 7.64. The molecule has 1 aromatic heterocycles. The molecular formula is C16H20ClN3O2S. The molecule has 5 nitrogen and oxygen atoms in total. The van der Waals surface area contributed by atoms with Gasteiger partial charge in [0.15, 0.2) is 0 Å². The molecule has 0 aliphatic rings. The number of thiazole rings is 1. The molecule has 2 unspecified atom stereocenters. The van der Waals surface area contributed by atoms with E-state index in [0.29, 0.717) is 5.02 Å². The summed E-state index contributed by atoms with van der Waals surface area (Å²) in [4.78, 5) is 17.7. The maximum atomic E-state index is 12.0. The van der Waals surface area contributed by atoms with Crippen molar-refractivity contribution in [2.45, 2.75) is 25.9 Å². The molecule has 23 heavy (non-hydrogen) atoms. The minimum atomic E-state index is -0.681. The van der Waals surface area contributed by atoms with E-state index >= 15 is 0 Å². The van der Waals surface area contributed by atoms with E-state index in [-0.39, 0.29) is 18.6 Å². The predicted octanol–water partition coefficient (Wildman–Crippen LogP) is 2.92. The highest BCUT2D eigenvalue weighted by Gasteiger charge is 2.20. The molecular weight excluding hydrogens is 334 g/mol. The maximum absolute atomic E-state index is 12.0. The van der Waals surface area contributed by atoms with Gasteiger partial charge in [0.25, 0.3) is 0 Å². The second-order valence-electron chi connectivity index (χ2n) is 5.26. The molecule has 3 N–H and O–H groups in total. The predicted molar refractivity (Wildman–Crippen MR) is 93.7 cm³/mol. The van der Waals surface area contributed by atoms with Crippen LogP contribution < -0.4 is 11.1 Å². The number of hydrogen-bond donors (Lipinski definition) is 2. The van der Waals surface area contributed by atoms with Gasteiger partial charge in [-0.2, -0.15) is 0 Å². The maximum Gasteiger partial charge on any atom is 0.239 e. The zero-order valence-corrected chi connectivity index (χ0v) is 14.9. The van der Waals surface area contributed by atoms with Gasteiger partial charge in [0.05, 0.1) is 18.3 Å². The van der Waals surface area contributed by atoms with E-state index in [2.05, 4.69) is 10.3 Å². The number of nitrogens with one attached hydrogen (secondary N) is 1. The Morgan fingerprint density at radius 1 is 1.43 bits per heavy atom. The van der Waals surface area contributed by atoms with Crippen molar-refractivity contribution in [2.75, 3.05) is 13.7 Å². The largest absolute Gasteiger partial charge is 0.383 e. The van der Waals surface area contributed by atoms with Crippen molar-refractivity contribution in [3.05, 3.63) is 39.2 Å². The number of aromatic nitrogens is 1. The summed E-state index contributed by atoms with van der Waals surface area (Å²) in [5, 5.41) is 4.39. The minimum Gasteiger partial charge on any atom is -0.383 e. The number of aryl methyl sites for hydroxylation is 1. The van der Waals surface area contributed by atoms with Crippen LogP contribution in [0.1, 0.15) is 22.9 Å². The van der Waals surface area contributed by atoms with E-state index in [4.69, 9.17) is 22.1 Å². The Balaban J connectivity index is 2.13. The first-order chi connectivity index (χ1) is 10.9. The van der Waals surface area contributed by atoms with Crippen LogP contribution in [0.2, 0.25) is 5.02 Å². The summed E-state index contributed by atoms with van der Waals surface area (Å²) in [7, 11) is 1.51. The number of carbonyl (C=O) groups is 1. The zero-order chi connectivity index (χ0) is 17.0. The average Bonchev–Trinajstić information content (AvgIpc) is 2.90. The third-order valence-electron chi connectivity index (χ3n) is 3.34. The SMILES string of the molecule is COCC(N)C(=O)NC(C)c1nc(-c2ccc(Cl)cc2)c(C)s1. The standard InChI is InChI=1S/C16H20ClN3O2S/c1-9(19-15(21)13(18)8-22-3)16-20-14(10(2)23-16)11-4-6-12(17)7-5-11/h4-7,9,13H,8,18H2,1-3H3,(H,19,21). The summed E-state index contributed by atoms with van der Waals surface area (Å²) >= 11 is 7.48. The van der Waals surface area contributed by atoms with E-state index in [1.54, 1.807) is 11.3 Å². The second kappa shape index (κ2) is 7.88.